The Labute approximate surface area is 330 Å². The van der Waals surface area contributed by atoms with Crippen LogP contribution in [0.5, 0.6) is 0 Å². The fraction of sp³-hybridized carbons (Fsp3) is 0.812. The number of hydrogen-bond donors (Lipinski definition) is 1. The lowest BCUT2D eigenvalue weighted by molar-refractivity contribution is -0.150. The molecule has 53 heavy (non-hydrogen) atoms. The van der Waals surface area contributed by atoms with E-state index in [1.165, 1.54) is 135 Å². The average molecular weight is 744 g/mol. The van der Waals surface area contributed by atoms with Crippen molar-refractivity contribution in [3.8, 4) is 0 Å². The van der Waals surface area contributed by atoms with E-state index >= 15 is 0 Å². The van der Waals surface area contributed by atoms with Crippen molar-refractivity contribution in [2.24, 2.45) is 0 Å². The molecule has 0 rings (SSSR count). The van der Waals surface area contributed by atoms with E-state index in [0.29, 0.717) is 19.6 Å². The maximum Gasteiger partial charge on any atom is 0.306 e. The highest BCUT2D eigenvalue weighted by atomic mass is 16.7. The molecule has 310 valence electrons. The van der Waals surface area contributed by atoms with Crippen molar-refractivity contribution in [1.29, 1.82) is 0 Å². The quantitative estimate of drug-likeness (QED) is 0.0292. The Morgan fingerprint density at radius 2 is 0.925 bits per heavy atom. The van der Waals surface area contributed by atoms with Crippen LogP contribution in [0.2, 0.25) is 0 Å². The zero-order chi connectivity index (χ0) is 38.6. The van der Waals surface area contributed by atoms with Gasteiger partial charge in [-0.25, -0.2) is 0 Å². The summed E-state index contributed by atoms with van der Waals surface area (Å²) in [5, 5.41) is 3.47. The van der Waals surface area contributed by atoms with E-state index in [-0.39, 0.29) is 18.4 Å². The first-order valence-corrected chi connectivity index (χ1v) is 22.9. The molecule has 1 atom stereocenters. The summed E-state index contributed by atoms with van der Waals surface area (Å²) in [5.74, 6) is -0.0165. The predicted molar refractivity (Wildman–Crippen MR) is 232 cm³/mol. The molecular formula is C48H89NO4. The van der Waals surface area contributed by atoms with E-state index < -0.39 is 0 Å². The van der Waals surface area contributed by atoms with Crippen LogP contribution in [0.1, 0.15) is 214 Å². The first-order valence-electron chi connectivity index (χ1n) is 22.9. The fourth-order valence-corrected chi connectivity index (χ4v) is 6.51. The van der Waals surface area contributed by atoms with Crippen LogP contribution < -0.4 is 5.32 Å². The van der Waals surface area contributed by atoms with E-state index in [1.807, 2.05) is 13.8 Å². The van der Waals surface area contributed by atoms with Gasteiger partial charge in [0.15, 0.2) is 6.29 Å². The smallest absolute Gasteiger partial charge is 0.306 e. The summed E-state index contributed by atoms with van der Waals surface area (Å²) in [6.07, 6.45) is 52.6. The van der Waals surface area contributed by atoms with Crippen LogP contribution in [-0.4, -0.2) is 44.7 Å². The van der Waals surface area contributed by atoms with Crippen LogP contribution in [0.4, 0.5) is 0 Å². The number of carbonyl (C=O) groups is 1. The summed E-state index contributed by atoms with van der Waals surface area (Å²) >= 11 is 0. The highest BCUT2D eigenvalue weighted by Gasteiger charge is 2.14. The van der Waals surface area contributed by atoms with Crippen LogP contribution in [0.15, 0.2) is 48.6 Å². The fourth-order valence-electron chi connectivity index (χ4n) is 6.51. The lowest BCUT2D eigenvalue weighted by Gasteiger charge is -2.18. The van der Waals surface area contributed by atoms with Crippen LogP contribution in [0, 0.1) is 0 Å². The molecule has 5 nitrogen and oxygen atoms in total. The standard InChI is InChI=1S/C48H89NO4/c1-5-9-11-13-15-17-19-21-23-25-27-29-31-33-35-37-41-46(40-36-34-32-30-28-26-24-22-20-18-16-14-12-10-6-2)53-47(50)42-38-44-49-45-39-43-48(51-7-3)52-8-4/h12-15,18-21,46,48-49H,5-11,16-17,22-45H2,1-4H3/b14-12-,15-13-,20-18-,21-19-. The Morgan fingerprint density at radius 3 is 1.42 bits per heavy atom. The third kappa shape index (κ3) is 41.3. The lowest BCUT2D eigenvalue weighted by Crippen LogP contribution is -2.23. The molecule has 1 unspecified atom stereocenters. The van der Waals surface area contributed by atoms with Gasteiger partial charge in [-0.3, -0.25) is 4.79 Å². The number of ether oxygens (including phenoxy) is 3. The normalized spacial score (nSPS) is 12.8. The molecule has 0 aromatic heterocycles. The van der Waals surface area contributed by atoms with Gasteiger partial charge in [0.1, 0.15) is 6.10 Å². The zero-order valence-electron chi connectivity index (χ0n) is 35.7. The van der Waals surface area contributed by atoms with Crippen LogP contribution in [0.3, 0.4) is 0 Å². The summed E-state index contributed by atoms with van der Waals surface area (Å²) < 4.78 is 17.3. The molecule has 0 spiro atoms. The van der Waals surface area contributed by atoms with Crippen molar-refractivity contribution < 1.29 is 19.0 Å². The van der Waals surface area contributed by atoms with E-state index in [9.17, 15) is 4.79 Å². The van der Waals surface area contributed by atoms with Crippen molar-refractivity contribution in [2.75, 3.05) is 26.3 Å². The molecule has 0 aliphatic rings. The molecular weight excluding hydrogens is 655 g/mol. The Morgan fingerprint density at radius 1 is 0.472 bits per heavy atom. The zero-order valence-corrected chi connectivity index (χ0v) is 35.7. The maximum absolute atomic E-state index is 12.8. The summed E-state index contributed by atoms with van der Waals surface area (Å²) in [6.45, 7) is 11.6. The summed E-state index contributed by atoms with van der Waals surface area (Å²) in [6, 6.07) is 0. The van der Waals surface area contributed by atoms with Crippen molar-refractivity contribution in [1.82, 2.24) is 5.32 Å². The monoisotopic (exact) mass is 744 g/mol. The van der Waals surface area contributed by atoms with E-state index in [1.54, 1.807) is 0 Å². The predicted octanol–water partition coefficient (Wildman–Crippen LogP) is 14.5. The molecule has 1 N–H and O–H groups in total. The Balaban J connectivity index is 4.26. The molecule has 0 bridgehead atoms. The van der Waals surface area contributed by atoms with Gasteiger partial charge in [-0.05, 0) is 123 Å². The van der Waals surface area contributed by atoms with Gasteiger partial charge in [0.25, 0.3) is 0 Å². The number of allylic oxidation sites excluding steroid dienone is 8. The third-order valence-corrected chi connectivity index (χ3v) is 9.72. The van der Waals surface area contributed by atoms with Gasteiger partial charge in [-0.15, -0.1) is 0 Å². The first-order chi connectivity index (χ1) is 26.2. The molecule has 0 aromatic carbocycles. The van der Waals surface area contributed by atoms with Gasteiger partial charge in [-0.1, -0.05) is 146 Å². The third-order valence-electron chi connectivity index (χ3n) is 9.72. The second-order valence-corrected chi connectivity index (χ2v) is 14.8. The van der Waals surface area contributed by atoms with E-state index in [2.05, 4.69) is 67.8 Å². The number of hydrogen-bond acceptors (Lipinski definition) is 5. The molecule has 0 aromatic rings. The SMILES string of the molecule is CCC/C=C\C/C=C\CCCCCCCCCC(CCCCCCCCC/C=C\C/C=C\CCCC)OC(=O)CCCNCCCC(OCC)OCC. The van der Waals surface area contributed by atoms with Gasteiger partial charge in [0, 0.05) is 19.6 Å². The van der Waals surface area contributed by atoms with Crippen molar-refractivity contribution in [3.63, 3.8) is 0 Å². The minimum atomic E-state index is -0.107. The van der Waals surface area contributed by atoms with Gasteiger partial charge >= 0.3 is 5.97 Å². The molecule has 0 saturated carbocycles. The number of rotatable bonds is 42. The van der Waals surface area contributed by atoms with Crippen LogP contribution in [0.25, 0.3) is 0 Å². The highest BCUT2D eigenvalue weighted by Crippen LogP contribution is 2.18. The van der Waals surface area contributed by atoms with Gasteiger partial charge in [-0.2, -0.15) is 0 Å². The molecule has 5 heteroatoms. The Bertz CT molecular complexity index is 844. The minimum Gasteiger partial charge on any atom is -0.462 e. The van der Waals surface area contributed by atoms with Gasteiger partial charge in [0.2, 0.25) is 0 Å². The van der Waals surface area contributed by atoms with Crippen molar-refractivity contribution >= 4 is 5.97 Å². The number of carbonyl (C=O) groups excluding carboxylic acids is 1. The number of unbranched alkanes of at least 4 members (excludes halogenated alkanes) is 17. The van der Waals surface area contributed by atoms with Crippen LogP contribution in [-0.2, 0) is 19.0 Å². The summed E-state index contributed by atoms with van der Waals surface area (Å²) in [4.78, 5) is 12.8. The van der Waals surface area contributed by atoms with Crippen LogP contribution >= 0.6 is 0 Å². The van der Waals surface area contributed by atoms with Gasteiger partial charge < -0.3 is 19.5 Å². The number of esters is 1. The van der Waals surface area contributed by atoms with Crippen molar-refractivity contribution in [2.45, 2.75) is 226 Å². The summed E-state index contributed by atoms with van der Waals surface area (Å²) in [7, 11) is 0. The first kappa shape index (κ1) is 51.3. The highest BCUT2D eigenvalue weighted by molar-refractivity contribution is 5.69. The molecule has 0 fully saturated rings. The number of nitrogens with one attached hydrogen (secondary N) is 1. The average Bonchev–Trinajstić information content (AvgIpc) is 3.15. The molecule has 0 amide bonds. The molecule has 0 radical (unpaired) electrons. The second kappa shape index (κ2) is 44.7. The second-order valence-electron chi connectivity index (χ2n) is 14.8. The van der Waals surface area contributed by atoms with Crippen molar-refractivity contribution in [3.05, 3.63) is 48.6 Å². The molecule has 0 heterocycles. The minimum absolute atomic E-state index is 0.0165. The summed E-state index contributed by atoms with van der Waals surface area (Å²) in [5.41, 5.74) is 0. The molecule has 0 saturated heterocycles. The Kier molecular flexibility index (Phi) is 43.3. The Hall–Kier alpha value is -1.69. The molecule has 0 aliphatic heterocycles. The maximum atomic E-state index is 12.8. The van der Waals surface area contributed by atoms with E-state index in [0.717, 1.165) is 58.0 Å². The van der Waals surface area contributed by atoms with E-state index in [4.69, 9.17) is 14.2 Å². The molecule has 0 aliphatic carbocycles. The lowest BCUT2D eigenvalue weighted by atomic mass is 10.0. The largest absolute Gasteiger partial charge is 0.462 e. The topological polar surface area (TPSA) is 56.8 Å². The van der Waals surface area contributed by atoms with Gasteiger partial charge in [0.05, 0.1) is 0 Å².